The van der Waals surface area contributed by atoms with Crippen LogP contribution in [-0.4, -0.2) is 50.0 Å². The van der Waals surface area contributed by atoms with Crippen LogP contribution < -0.4 is 9.47 Å². The molecule has 112 valence electrons. The van der Waals surface area contributed by atoms with E-state index in [9.17, 15) is 0 Å². The van der Waals surface area contributed by atoms with Gasteiger partial charge in [0, 0.05) is 13.1 Å². The fraction of sp³-hybridized carbons (Fsp3) is 0.625. The lowest BCUT2D eigenvalue weighted by Gasteiger charge is -2.30. The molecule has 4 heteroatoms. The summed E-state index contributed by atoms with van der Waals surface area (Å²) in [4.78, 5) is 2.34. The van der Waals surface area contributed by atoms with Crippen molar-refractivity contribution in [3.05, 3.63) is 24.3 Å². The molecule has 4 nitrogen and oxygen atoms in total. The van der Waals surface area contributed by atoms with Gasteiger partial charge in [-0.15, -0.1) is 0 Å². The molecule has 1 atom stereocenters. The predicted molar refractivity (Wildman–Crippen MR) is 79.6 cm³/mol. The van der Waals surface area contributed by atoms with Gasteiger partial charge in [-0.2, -0.15) is 0 Å². The molecule has 1 aliphatic rings. The van der Waals surface area contributed by atoms with E-state index in [-0.39, 0.29) is 12.2 Å². The number of nitrogens with zero attached hydrogens (tertiary/aromatic N) is 1. The highest BCUT2D eigenvalue weighted by Crippen LogP contribution is 2.30. The van der Waals surface area contributed by atoms with E-state index in [0.717, 1.165) is 37.7 Å². The van der Waals surface area contributed by atoms with E-state index in [0.29, 0.717) is 6.61 Å². The Kier molecular flexibility index (Phi) is 5.68. The standard InChI is InChI=1S/C16H25NO3/c1-4-17(9-10-18-13(2)3)11-14-12-19-15-7-5-6-8-16(15)20-14/h5-8,13-14H,4,9-12H2,1-3H3. The average molecular weight is 279 g/mol. The zero-order valence-corrected chi connectivity index (χ0v) is 12.7. The maximum absolute atomic E-state index is 5.98. The monoisotopic (exact) mass is 279 g/mol. The molecule has 0 fully saturated rings. The summed E-state index contributed by atoms with van der Waals surface area (Å²) < 4.78 is 17.3. The average Bonchev–Trinajstić information content (AvgIpc) is 2.45. The molecule has 2 rings (SSSR count). The van der Waals surface area contributed by atoms with Gasteiger partial charge in [0.15, 0.2) is 11.5 Å². The predicted octanol–water partition coefficient (Wildman–Crippen LogP) is 2.57. The summed E-state index contributed by atoms with van der Waals surface area (Å²) >= 11 is 0. The van der Waals surface area contributed by atoms with Gasteiger partial charge in [-0.05, 0) is 32.5 Å². The fourth-order valence-electron chi connectivity index (χ4n) is 2.24. The van der Waals surface area contributed by atoms with Gasteiger partial charge in [0.25, 0.3) is 0 Å². The first-order chi connectivity index (χ1) is 9.69. The molecular formula is C16H25NO3. The first kappa shape index (κ1) is 15.1. The fourth-order valence-corrected chi connectivity index (χ4v) is 2.24. The minimum Gasteiger partial charge on any atom is -0.486 e. The lowest BCUT2D eigenvalue weighted by atomic mass is 10.2. The molecule has 1 aromatic rings. The summed E-state index contributed by atoms with van der Waals surface area (Å²) in [5.74, 6) is 1.69. The van der Waals surface area contributed by atoms with Gasteiger partial charge < -0.3 is 14.2 Å². The third-order valence-electron chi connectivity index (χ3n) is 3.34. The smallest absolute Gasteiger partial charge is 0.161 e. The number of ether oxygens (including phenoxy) is 3. The minimum atomic E-state index is 0.0869. The second-order valence-corrected chi connectivity index (χ2v) is 5.31. The molecule has 20 heavy (non-hydrogen) atoms. The molecule has 0 N–H and O–H groups in total. The van der Waals surface area contributed by atoms with Crippen LogP contribution in [0, 0.1) is 0 Å². The van der Waals surface area contributed by atoms with Gasteiger partial charge in [-0.25, -0.2) is 0 Å². The number of hydrogen-bond acceptors (Lipinski definition) is 4. The number of hydrogen-bond donors (Lipinski definition) is 0. The molecular weight excluding hydrogens is 254 g/mol. The number of likely N-dealkylation sites (N-methyl/N-ethyl adjacent to an activating group) is 1. The normalized spacial score (nSPS) is 17.8. The summed E-state index contributed by atoms with van der Waals surface area (Å²) in [6.45, 7) is 10.4. The molecule has 1 heterocycles. The van der Waals surface area contributed by atoms with Crippen molar-refractivity contribution in [3.8, 4) is 11.5 Å². The Morgan fingerprint density at radius 2 is 2.05 bits per heavy atom. The summed E-state index contributed by atoms with van der Waals surface area (Å²) in [5.41, 5.74) is 0. The Morgan fingerprint density at radius 1 is 1.30 bits per heavy atom. The highest BCUT2D eigenvalue weighted by Gasteiger charge is 2.22. The minimum absolute atomic E-state index is 0.0869. The van der Waals surface area contributed by atoms with Crippen molar-refractivity contribution in [2.24, 2.45) is 0 Å². The van der Waals surface area contributed by atoms with Gasteiger partial charge in [0.1, 0.15) is 12.7 Å². The molecule has 0 saturated carbocycles. The van der Waals surface area contributed by atoms with Crippen molar-refractivity contribution in [2.75, 3.05) is 32.8 Å². The van der Waals surface area contributed by atoms with Gasteiger partial charge in [0.05, 0.1) is 12.7 Å². The molecule has 1 aliphatic heterocycles. The third kappa shape index (κ3) is 4.39. The number of benzene rings is 1. The molecule has 1 unspecified atom stereocenters. The van der Waals surface area contributed by atoms with Crippen LogP contribution in [0.5, 0.6) is 11.5 Å². The van der Waals surface area contributed by atoms with E-state index in [1.165, 1.54) is 0 Å². The first-order valence-corrected chi connectivity index (χ1v) is 7.41. The molecule has 0 spiro atoms. The first-order valence-electron chi connectivity index (χ1n) is 7.41. The number of rotatable bonds is 7. The molecule has 0 aliphatic carbocycles. The van der Waals surface area contributed by atoms with Crippen LogP contribution in [0.1, 0.15) is 20.8 Å². The quantitative estimate of drug-likeness (QED) is 0.767. The van der Waals surface area contributed by atoms with E-state index in [1.807, 2.05) is 24.3 Å². The van der Waals surface area contributed by atoms with Gasteiger partial charge in [-0.1, -0.05) is 19.1 Å². The van der Waals surface area contributed by atoms with Gasteiger partial charge >= 0.3 is 0 Å². The van der Waals surface area contributed by atoms with Gasteiger partial charge in [0.2, 0.25) is 0 Å². The summed E-state index contributed by atoms with van der Waals surface area (Å²) in [6.07, 6.45) is 0.374. The van der Waals surface area contributed by atoms with E-state index in [1.54, 1.807) is 0 Å². The Balaban J connectivity index is 1.80. The van der Waals surface area contributed by atoms with E-state index in [2.05, 4.69) is 25.7 Å². The molecule has 1 aromatic carbocycles. The number of para-hydroxylation sites is 2. The Morgan fingerprint density at radius 3 is 2.75 bits per heavy atom. The lowest BCUT2D eigenvalue weighted by molar-refractivity contribution is 0.0320. The summed E-state index contributed by atoms with van der Waals surface area (Å²) in [7, 11) is 0. The van der Waals surface area contributed by atoms with Crippen LogP contribution >= 0.6 is 0 Å². The van der Waals surface area contributed by atoms with Crippen LogP contribution in [-0.2, 0) is 4.74 Å². The van der Waals surface area contributed by atoms with Gasteiger partial charge in [-0.3, -0.25) is 4.90 Å². The molecule has 0 amide bonds. The Hall–Kier alpha value is -1.26. The van der Waals surface area contributed by atoms with Crippen LogP contribution in [0.15, 0.2) is 24.3 Å². The zero-order chi connectivity index (χ0) is 14.4. The molecule has 0 saturated heterocycles. The maximum Gasteiger partial charge on any atom is 0.161 e. The third-order valence-corrected chi connectivity index (χ3v) is 3.34. The van der Waals surface area contributed by atoms with E-state index >= 15 is 0 Å². The van der Waals surface area contributed by atoms with Crippen molar-refractivity contribution in [2.45, 2.75) is 33.0 Å². The molecule has 0 bridgehead atoms. The summed E-state index contributed by atoms with van der Waals surface area (Å²) in [6, 6.07) is 7.84. The lowest BCUT2D eigenvalue weighted by Crippen LogP contribution is -2.42. The highest BCUT2D eigenvalue weighted by atomic mass is 16.6. The van der Waals surface area contributed by atoms with Crippen molar-refractivity contribution < 1.29 is 14.2 Å². The Bertz CT molecular complexity index is 408. The highest BCUT2D eigenvalue weighted by molar-refractivity contribution is 5.40. The zero-order valence-electron chi connectivity index (χ0n) is 12.7. The molecule has 0 aromatic heterocycles. The van der Waals surface area contributed by atoms with Crippen LogP contribution in [0.3, 0.4) is 0 Å². The SMILES string of the molecule is CCN(CCOC(C)C)CC1COc2ccccc2O1. The second kappa shape index (κ2) is 7.50. The largest absolute Gasteiger partial charge is 0.486 e. The number of fused-ring (bicyclic) bond motifs is 1. The van der Waals surface area contributed by atoms with Crippen molar-refractivity contribution >= 4 is 0 Å². The Labute approximate surface area is 121 Å². The second-order valence-electron chi connectivity index (χ2n) is 5.31. The van der Waals surface area contributed by atoms with E-state index < -0.39 is 0 Å². The van der Waals surface area contributed by atoms with Crippen LogP contribution in [0.25, 0.3) is 0 Å². The van der Waals surface area contributed by atoms with Crippen molar-refractivity contribution in [1.29, 1.82) is 0 Å². The maximum atomic E-state index is 5.98. The summed E-state index contributed by atoms with van der Waals surface area (Å²) in [5, 5.41) is 0. The van der Waals surface area contributed by atoms with Crippen LogP contribution in [0.4, 0.5) is 0 Å². The van der Waals surface area contributed by atoms with E-state index in [4.69, 9.17) is 14.2 Å². The van der Waals surface area contributed by atoms with Crippen molar-refractivity contribution in [1.82, 2.24) is 4.90 Å². The van der Waals surface area contributed by atoms with Crippen molar-refractivity contribution in [3.63, 3.8) is 0 Å². The molecule has 0 radical (unpaired) electrons. The topological polar surface area (TPSA) is 30.9 Å². The van der Waals surface area contributed by atoms with Crippen LogP contribution in [0.2, 0.25) is 0 Å².